The summed E-state index contributed by atoms with van der Waals surface area (Å²) in [6.07, 6.45) is -0.749. The summed E-state index contributed by atoms with van der Waals surface area (Å²) >= 11 is 0. The van der Waals surface area contributed by atoms with E-state index in [0.29, 0.717) is 6.42 Å². The average molecular weight is 330 g/mol. The molecule has 122 valence electrons. The molecule has 0 spiro atoms. The van der Waals surface area contributed by atoms with Crippen molar-refractivity contribution in [1.29, 1.82) is 0 Å². The lowest BCUT2D eigenvalue weighted by Gasteiger charge is -2.16. The Labute approximate surface area is 128 Å². The molecule has 0 aromatic heterocycles. The maximum atomic E-state index is 11.9. The van der Waals surface area contributed by atoms with Gasteiger partial charge >= 0.3 is 19.5 Å². The Kier molecular flexibility index (Phi) is 7.24. The first-order chi connectivity index (χ1) is 10.3. The summed E-state index contributed by atoms with van der Waals surface area (Å²) in [4.78, 5) is 31.2. The third kappa shape index (κ3) is 7.36. The van der Waals surface area contributed by atoms with Crippen molar-refractivity contribution in [2.24, 2.45) is 5.92 Å². The van der Waals surface area contributed by atoms with Crippen molar-refractivity contribution in [2.45, 2.75) is 19.3 Å². The van der Waals surface area contributed by atoms with E-state index >= 15 is 0 Å². The fraction of sp³-hybridized carbons (Fsp3) is 0.429. The number of hydrogen-bond donors (Lipinski definition) is 3. The van der Waals surface area contributed by atoms with E-state index in [0.717, 1.165) is 5.56 Å². The van der Waals surface area contributed by atoms with Crippen LogP contribution in [0.25, 0.3) is 0 Å². The molecule has 0 radical (unpaired) electrons. The minimum absolute atomic E-state index is 0.0109. The lowest BCUT2D eigenvalue weighted by atomic mass is 10.1. The highest BCUT2D eigenvalue weighted by Crippen LogP contribution is 2.44. The molecule has 22 heavy (non-hydrogen) atoms. The second kappa shape index (κ2) is 8.68. The molecule has 2 atom stereocenters. The van der Waals surface area contributed by atoms with Crippen molar-refractivity contribution in [2.75, 3.05) is 12.8 Å². The predicted octanol–water partition coefficient (Wildman–Crippen LogP) is 2.00. The first-order valence-electron chi connectivity index (χ1n) is 6.75. The van der Waals surface area contributed by atoms with Gasteiger partial charge in [0.15, 0.2) is 0 Å². The molecule has 0 fully saturated rings. The summed E-state index contributed by atoms with van der Waals surface area (Å²) in [5.74, 6) is -3.67. The third-order valence-electron chi connectivity index (χ3n) is 3.03. The maximum absolute atomic E-state index is 11.9. The predicted molar refractivity (Wildman–Crippen MR) is 78.8 cm³/mol. The van der Waals surface area contributed by atoms with Crippen LogP contribution in [0.1, 0.15) is 18.4 Å². The van der Waals surface area contributed by atoms with Crippen LogP contribution in [-0.4, -0.2) is 39.8 Å². The third-order valence-corrected chi connectivity index (χ3v) is 4.52. The van der Waals surface area contributed by atoms with Gasteiger partial charge in [-0.2, -0.15) is 0 Å². The molecule has 0 saturated heterocycles. The number of carbonyl (C=O) groups is 2. The number of carboxylic acid groups (broad SMARTS) is 2. The molecule has 0 heterocycles. The van der Waals surface area contributed by atoms with Crippen LogP contribution in [0.4, 0.5) is 0 Å². The van der Waals surface area contributed by atoms with E-state index < -0.39 is 31.6 Å². The topological polar surface area (TPSA) is 121 Å². The zero-order valence-electron chi connectivity index (χ0n) is 11.9. The van der Waals surface area contributed by atoms with Crippen molar-refractivity contribution in [3.05, 3.63) is 35.9 Å². The Morgan fingerprint density at radius 2 is 1.82 bits per heavy atom. The summed E-state index contributed by atoms with van der Waals surface area (Å²) in [7, 11) is -4.07. The molecule has 0 aliphatic carbocycles. The van der Waals surface area contributed by atoms with Gasteiger partial charge < -0.3 is 19.6 Å². The zero-order chi connectivity index (χ0) is 16.6. The molecule has 3 N–H and O–H groups in total. The van der Waals surface area contributed by atoms with Crippen molar-refractivity contribution >= 4 is 19.5 Å². The van der Waals surface area contributed by atoms with Crippen molar-refractivity contribution in [3.8, 4) is 0 Å². The molecule has 8 heteroatoms. The molecular formula is C14H19O7P. The second-order valence-corrected chi connectivity index (χ2v) is 6.75. The van der Waals surface area contributed by atoms with Gasteiger partial charge in [0.05, 0.1) is 18.7 Å². The highest BCUT2D eigenvalue weighted by Gasteiger charge is 2.30. The number of aliphatic carboxylic acids is 2. The second-order valence-electron chi connectivity index (χ2n) is 4.86. The molecule has 1 aromatic rings. The molecule has 1 rings (SSSR count). The van der Waals surface area contributed by atoms with E-state index in [4.69, 9.17) is 14.7 Å². The number of benzene rings is 1. The molecule has 0 amide bonds. The minimum atomic E-state index is -4.07. The zero-order valence-corrected chi connectivity index (χ0v) is 12.8. The van der Waals surface area contributed by atoms with E-state index in [-0.39, 0.29) is 19.4 Å². The standard InChI is InChI=1S/C14H19O7P/c15-13(16)7-6-12(14(17)18)10-22(19,20)21-9-8-11-4-2-1-3-5-11/h1-5,12H,6-10H2,(H,15,16)(H,17,18)(H,19,20)/t12-/m1/s1. The molecule has 0 aliphatic heterocycles. The summed E-state index contributed by atoms with van der Waals surface area (Å²) in [6.45, 7) is -0.0109. The monoisotopic (exact) mass is 330 g/mol. The van der Waals surface area contributed by atoms with Crippen molar-refractivity contribution < 1.29 is 33.8 Å². The smallest absolute Gasteiger partial charge is 0.328 e. The van der Waals surface area contributed by atoms with Gasteiger partial charge in [0.1, 0.15) is 0 Å². The van der Waals surface area contributed by atoms with Crippen LogP contribution in [0.3, 0.4) is 0 Å². The fourth-order valence-corrected chi connectivity index (χ4v) is 3.25. The van der Waals surface area contributed by atoms with Gasteiger partial charge in [0.25, 0.3) is 0 Å². The van der Waals surface area contributed by atoms with Gasteiger partial charge in [0.2, 0.25) is 0 Å². The van der Waals surface area contributed by atoms with Gasteiger partial charge in [-0.15, -0.1) is 0 Å². The van der Waals surface area contributed by atoms with Crippen LogP contribution in [0, 0.1) is 5.92 Å². The fourth-order valence-electron chi connectivity index (χ4n) is 1.87. The molecule has 0 saturated carbocycles. The summed E-state index contributed by atoms with van der Waals surface area (Å²) in [6, 6.07) is 9.21. The summed E-state index contributed by atoms with van der Waals surface area (Å²) < 4.78 is 16.8. The Morgan fingerprint density at radius 3 is 2.36 bits per heavy atom. The van der Waals surface area contributed by atoms with E-state index in [1.165, 1.54) is 0 Å². The summed E-state index contributed by atoms with van der Waals surface area (Å²) in [5.41, 5.74) is 0.933. The van der Waals surface area contributed by atoms with Crippen LogP contribution in [-0.2, 0) is 25.1 Å². The van der Waals surface area contributed by atoms with Crippen LogP contribution in [0.5, 0.6) is 0 Å². The molecule has 0 aliphatic rings. The normalized spacial score (nSPS) is 15.0. The minimum Gasteiger partial charge on any atom is -0.481 e. The quantitative estimate of drug-likeness (QED) is 0.561. The van der Waals surface area contributed by atoms with E-state index in [9.17, 15) is 19.0 Å². The highest BCUT2D eigenvalue weighted by atomic mass is 31.2. The van der Waals surface area contributed by atoms with Crippen LogP contribution in [0.2, 0.25) is 0 Å². The van der Waals surface area contributed by atoms with Gasteiger partial charge in [-0.3, -0.25) is 14.2 Å². The molecule has 1 unspecified atom stereocenters. The average Bonchev–Trinajstić information content (AvgIpc) is 2.44. The Balaban J connectivity index is 2.47. The molecular weight excluding hydrogens is 311 g/mol. The number of hydrogen-bond acceptors (Lipinski definition) is 4. The Bertz CT molecular complexity index is 543. The van der Waals surface area contributed by atoms with Gasteiger partial charge in [-0.1, -0.05) is 30.3 Å². The van der Waals surface area contributed by atoms with Gasteiger partial charge in [-0.25, -0.2) is 0 Å². The Hall–Kier alpha value is -1.69. The maximum Gasteiger partial charge on any atom is 0.328 e. The molecule has 0 bridgehead atoms. The molecule has 7 nitrogen and oxygen atoms in total. The highest BCUT2D eigenvalue weighted by molar-refractivity contribution is 7.52. The van der Waals surface area contributed by atoms with Crippen molar-refractivity contribution in [3.63, 3.8) is 0 Å². The van der Waals surface area contributed by atoms with E-state index in [2.05, 4.69) is 0 Å². The Morgan fingerprint density at radius 1 is 1.18 bits per heavy atom. The number of rotatable bonds is 10. The molecule has 1 aromatic carbocycles. The van der Waals surface area contributed by atoms with Crippen LogP contribution < -0.4 is 0 Å². The van der Waals surface area contributed by atoms with Gasteiger partial charge in [0, 0.05) is 6.42 Å². The first-order valence-corrected chi connectivity index (χ1v) is 8.51. The first kappa shape index (κ1) is 18.4. The lowest BCUT2D eigenvalue weighted by Crippen LogP contribution is -2.20. The van der Waals surface area contributed by atoms with Gasteiger partial charge in [-0.05, 0) is 18.4 Å². The van der Waals surface area contributed by atoms with E-state index in [1.807, 2.05) is 30.3 Å². The van der Waals surface area contributed by atoms with E-state index in [1.54, 1.807) is 0 Å². The largest absolute Gasteiger partial charge is 0.481 e. The lowest BCUT2D eigenvalue weighted by molar-refractivity contribution is -0.142. The van der Waals surface area contributed by atoms with Crippen LogP contribution in [0.15, 0.2) is 30.3 Å². The summed E-state index contributed by atoms with van der Waals surface area (Å²) in [5, 5.41) is 17.5. The van der Waals surface area contributed by atoms with Crippen molar-refractivity contribution in [1.82, 2.24) is 0 Å². The SMILES string of the molecule is O=C(O)CC[C@H](CP(=O)(O)OCCc1ccccc1)C(=O)O. The van der Waals surface area contributed by atoms with Crippen LogP contribution >= 0.6 is 7.60 Å². The number of carboxylic acids is 2.